The van der Waals surface area contributed by atoms with E-state index in [1.54, 1.807) is 19.9 Å². The Morgan fingerprint density at radius 1 is 1.24 bits per heavy atom. The molecule has 1 aliphatic heterocycles. The molecule has 1 aliphatic rings. The van der Waals surface area contributed by atoms with Gasteiger partial charge in [-0.1, -0.05) is 11.3 Å². The van der Waals surface area contributed by atoms with E-state index in [1.807, 2.05) is 57.5 Å². The third-order valence-corrected chi connectivity index (χ3v) is 10.8. The van der Waals surface area contributed by atoms with Crippen molar-refractivity contribution in [3.8, 4) is 5.88 Å². The number of aliphatic carboxylic acids is 1. The second kappa shape index (κ2) is 10.2. The molecular formula is C29H35N5O5S2. The van der Waals surface area contributed by atoms with E-state index >= 15 is 0 Å². The van der Waals surface area contributed by atoms with Crippen LogP contribution in [0, 0.1) is 19.3 Å². The normalized spacial score (nSPS) is 17.5. The third-order valence-electron chi connectivity index (χ3n) is 7.82. The molecule has 0 bridgehead atoms. The van der Waals surface area contributed by atoms with Gasteiger partial charge in [0.15, 0.2) is 0 Å². The van der Waals surface area contributed by atoms with Gasteiger partial charge in [0.05, 0.1) is 17.5 Å². The van der Waals surface area contributed by atoms with E-state index in [-0.39, 0.29) is 23.9 Å². The summed E-state index contributed by atoms with van der Waals surface area (Å²) < 4.78 is 36.7. The molecule has 0 spiro atoms. The highest BCUT2D eigenvalue weighted by molar-refractivity contribution is 7.89. The lowest BCUT2D eigenvalue weighted by atomic mass is 9.72. The highest BCUT2D eigenvalue weighted by Gasteiger charge is 2.42. The number of carbonyl (C=O) groups is 1. The van der Waals surface area contributed by atoms with Crippen LogP contribution in [-0.4, -0.2) is 55.9 Å². The van der Waals surface area contributed by atoms with Gasteiger partial charge in [-0.25, -0.2) is 18.1 Å². The summed E-state index contributed by atoms with van der Waals surface area (Å²) in [6.45, 7) is 13.9. The second-order valence-electron chi connectivity index (χ2n) is 11.7. The lowest BCUT2D eigenvalue weighted by molar-refractivity contribution is -0.147. The number of pyridine rings is 1. The van der Waals surface area contributed by atoms with Crippen LogP contribution in [0.1, 0.15) is 67.0 Å². The average Bonchev–Trinajstić information content (AvgIpc) is 3.46. The number of hydrogen-bond donors (Lipinski definition) is 1. The summed E-state index contributed by atoms with van der Waals surface area (Å²) in [5.41, 5.74) is 2.23. The number of rotatable bonds is 7. The second-order valence-corrected chi connectivity index (χ2v) is 14.9. The van der Waals surface area contributed by atoms with Crippen molar-refractivity contribution in [2.24, 2.45) is 5.41 Å². The molecule has 3 aromatic heterocycles. The molecule has 218 valence electrons. The van der Waals surface area contributed by atoms with Crippen LogP contribution in [0.4, 0.5) is 0 Å². The van der Waals surface area contributed by atoms with Crippen LogP contribution in [0.3, 0.4) is 0 Å². The minimum Gasteiger partial charge on any atom is -0.481 e. The number of carboxylic acids is 1. The largest absolute Gasteiger partial charge is 0.481 e. The van der Waals surface area contributed by atoms with Crippen LogP contribution in [0.25, 0.3) is 11.0 Å². The van der Waals surface area contributed by atoms with Crippen molar-refractivity contribution in [1.82, 2.24) is 24.3 Å². The van der Waals surface area contributed by atoms with E-state index in [9.17, 15) is 18.3 Å². The summed E-state index contributed by atoms with van der Waals surface area (Å²) in [5.74, 6) is -1.33. The van der Waals surface area contributed by atoms with Gasteiger partial charge in [0.25, 0.3) is 0 Å². The first kappa shape index (κ1) is 29.2. The zero-order chi connectivity index (χ0) is 29.9. The van der Waals surface area contributed by atoms with Gasteiger partial charge in [-0.15, -0.1) is 16.4 Å². The number of thiophene rings is 1. The van der Waals surface area contributed by atoms with Crippen molar-refractivity contribution in [3.63, 3.8) is 0 Å². The van der Waals surface area contributed by atoms with Crippen LogP contribution in [0.15, 0.2) is 41.4 Å². The predicted molar refractivity (Wildman–Crippen MR) is 157 cm³/mol. The standard InChI is InChI=1S/C29H35N5O5S2/c1-8-34-21-12-11-20(17(2)25(21)31-32-34)24(29(6,7)27(35)36)22-14-19(18(3)40-22)15-33-16-28(4,5)39-26-23(41(33,37)38)10-9-13-30-26/h9-14,24H,8,15-16H2,1-7H3,(H,35,36). The minimum atomic E-state index is -3.90. The lowest BCUT2D eigenvalue weighted by Gasteiger charge is -2.31. The van der Waals surface area contributed by atoms with Gasteiger partial charge in [-0.05, 0) is 89.4 Å². The molecule has 10 nitrogen and oxygen atoms in total. The number of hydrogen-bond acceptors (Lipinski definition) is 8. The first-order chi connectivity index (χ1) is 19.2. The number of aromatic nitrogens is 4. The fourth-order valence-corrected chi connectivity index (χ4v) is 8.50. The van der Waals surface area contributed by atoms with Gasteiger partial charge in [0.1, 0.15) is 16.0 Å². The fourth-order valence-electron chi connectivity index (χ4n) is 5.52. The summed E-state index contributed by atoms with van der Waals surface area (Å²) in [7, 11) is -3.90. The lowest BCUT2D eigenvalue weighted by Crippen LogP contribution is -2.42. The third kappa shape index (κ3) is 5.02. The van der Waals surface area contributed by atoms with Crippen LogP contribution < -0.4 is 4.74 Å². The molecule has 1 N–H and O–H groups in total. The van der Waals surface area contributed by atoms with Gasteiger partial charge < -0.3 is 9.84 Å². The van der Waals surface area contributed by atoms with Crippen molar-refractivity contribution in [2.75, 3.05) is 6.54 Å². The van der Waals surface area contributed by atoms with Crippen LogP contribution >= 0.6 is 11.3 Å². The Labute approximate surface area is 244 Å². The van der Waals surface area contributed by atoms with Crippen LogP contribution in [0.5, 0.6) is 5.88 Å². The summed E-state index contributed by atoms with van der Waals surface area (Å²) in [6.07, 6.45) is 1.52. The Morgan fingerprint density at radius 2 is 1.98 bits per heavy atom. The van der Waals surface area contributed by atoms with E-state index in [2.05, 4.69) is 15.3 Å². The molecule has 1 atom stereocenters. The van der Waals surface area contributed by atoms with E-state index in [0.717, 1.165) is 37.5 Å². The van der Waals surface area contributed by atoms with E-state index in [4.69, 9.17) is 4.74 Å². The molecule has 0 amide bonds. The Bertz CT molecular complexity index is 1760. The SMILES string of the molecule is CCn1nnc2c(C)c(C(c3cc(CN4CC(C)(C)Oc5ncccc5S4(=O)=O)c(C)s3)C(C)(C)C(=O)O)ccc21. The molecule has 0 radical (unpaired) electrons. The van der Waals surface area contributed by atoms with Gasteiger partial charge >= 0.3 is 5.97 Å². The molecule has 0 fully saturated rings. The number of sulfonamides is 1. The van der Waals surface area contributed by atoms with Crippen molar-refractivity contribution in [2.45, 2.75) is 78.0 Å². The molecule has 4 heterocycles. The number of benzene rings is 1. The van der Waals surface area contributed by atoms with Gasteiger partial charge in [0, 0.05) is 35.0 Å². The molecule has 1 unspecified atom stereocenters. The highest BCUT2D eigenvalue weighted by Crippen LogP contribution is 2.47. The summed E-state index contributed by atoms with van der Waals surface area (Å²) in [6, 6.07) is 8.98. The number of aryl methyl sites for hydroxylation is 3. The Balaban J connectivity index is 1.60. The van der Waals surface area contributed by atoms with E-state index in [1.165, 1.54) is 27.9 Å². The quantitative estimate of drug-likeness (QED) is 0.311. The molecule has 0 saturated heterocycles. The fraction of sp³-hybridized carbons (Fsp3) is 0.448. The monoisotopic (exact) mass is 597 g/mol. The highest BCUT2D eigenvalue weighted by atomic mass is 32.2. The number of fused-ring (bicyclic) bond motifs is 2. The number of carboxylic acid groups (broad SMARTS) is 1. The van der Waals surface area contributed by atoms with Crippen LogP contribution in [-0.2, 0) is 27.9 Å². The molecular weight excluding hydrogens is 562 g/mol. The molecule has 5 rings (SSSR count). The average molecular weight is 598 g/mol. The molecule has 1 aromatic carbocycles. The number of ether oxygens (including phenoxy) is 1. The van der Waals surface area contributed by atoms with Gasteiger partial charge in [0.2, 0.25) is 15.9 Å². The zero-order valence-corrected chi connectivity index (χ0v) is 25.9. The minimum absolute atomic E-state index is 0.0348. The maximum atomic E-state index is 13.8. The molecule has 0 saturated carbocycles. The summed E-state index contributed by atoms with van der Waals surface area (Å²) in [4.78, 5) is 18.6. The number of nitrogens with zero attached hydrogens (tertiary/aromatic N) is 5. The van der Waals surface area contributed by atoms with Crippen molar-refractivity contribution in [1.29, 1.82) is 0 Å². The molecule has 0 aliphatic carbocycles. The first-order valence-corrected chi connectivity index (χ1v) is 15.7. The Kier molecular flexibility index (Phi) is 7.24. The topological polar surface area (TPSA) is 128 Å². The van der Waals surface area contributed by atoms with Gasteiger partial charge in [-0.2, -0.15) is 4.31 Å². The smallest absolute Gasteiger partial charge is 0.310 e. The maximum absolute atomic E-state index is 13.8. The summed E-state index contributed by atoms with van der Waals surface area (Å²) >= 11 is 1.50. The zero-order valence-electron chi connectivity index (χ0n) is 24.3. The maximum Gasteiger partial charge on any atom is 0.310 e. The van der Waals surface area contributed by atoms with E-state index < -0.39 is 32.9 Å². The Hall–Kier alpha value is -3.35. The molecule has 12 heteroatoms. The van der Waals surface area contributed by atoms with E-state index in [0.29, 0.717) is 6.54 Å². The van der Waals surface area contributed by atoms with Crippen molar-refractivity contribution in [3.05, 3.63) is 63.0 Å². The first-order valence-electron chi connectivity index (χ1n) is 13.5. The molecule has 4 aromatic rings. The summed E-state index contributed by atoms with van der Waals surface area (Å²) in [5, 5.41) is 19.0. The van der Waals surface area contributed by atoms with Crippen molar-refractivity contribution < 1.29 is 23.1 Å². The van der Waals surface area contributed by atoms with Gasteiger partial charge in [-0.3, -0.25) is 4.79 Å². The predicted octanol–water partition coefficient (Wildman–Crippen LogP) is 5.13. The van der Waals surface area contributed by atoms with Crippen molar-refractivity contribution >= 4 is 38.4 Å². The molecule has 41 heavy (non-hydrogen) atoms. The van der Waals surface area contributed by atoms with Crippen LogP contribution in [0.2, 0.25) is 0 Å². The Morgan fingerprint density at radius 3 is 2.66 bits per heavy atom.